The first-order valence-corrected chi connectivity index (χ1v) is 8.99. The first-order valence-electron chi connectivity index (χ1n) is 8.99. The second-order valence-corrected chi connectivity index (χ2v) is 5.77. The number of nitrogens with one attached hydrogen (secondary N) is 1. The molecule has 6 nitrogen and oxygen atoms in total. The Morgan fingerprint density at radius 2 is 1.88 bits per heavy atom. The highest BCUT2D eigenvalue weighted by atomic mass is 16.5. The number of carbonyl (C=O) groups excluding carboxylic acids is 1. The van der Waals surface area contributed by atoms with E-state index in [-0.39, 0.29) is 5.91 Å². The summed E-state index contributed by atoms with van der Waals surface area (Å²) in [5.41, 5.74) is 1.11. The molecule has 0 heterocycles. The Hall–Kier alpha value is -2.24. The van der Waals surface area contributed by atoms with E-state index in [0.29, 0.717) is 19.7 Å². The van der Waals surface area contributed by atoms with Gasteiger partial charge in [-0.15, -0.1) is 0 Å². The monoisotopic (exact) mass is 348 g/mol. The maximum Gasteiger partial charge on any atom is 0.242 e. The van der Waals surface area contributed by atoms with Gasteiger partial charge in [-0.3, -0.25) is 4.79 Å². The third-order valence-electron chi connectivity index (χ3n) is 3.89. The summed E-state index contributed by atoms with van der Waals surface area (Å²) in [5.74, 6) is 1.71. The Morgan fingerprint density at radius 3 is 2.48 bits per heavy atom. The van der Waals surface area contributed by atoms with Gasteiger partial charge in [0.1, 0.15) is 12.4 Å². The lowest BCUT2D eigenvalue weighted by Gasteiger charge is -2.25. The van der Waals surface area contributed by atoms with Crippen LogP contribution in [0, 0.1) is 6.92 Å². The van der Waals surface area contributed by atoms with Crippen molar-refractivity contribution in [2.75, 3.05) is 46.4 Å². The second kappa shape index (κ2) is 11.3. The number of aryl methyl sites for hydroxylation is 1. The molecule has 1 amide bonds. The topological polar surface area (TPSA) is 57.2 Å². The summed E-state index contributed by atoms with van der Waals surface area (Å²) in [6.07, 6.45) is 0. The van der Waals surface area contributed by atoms with Gasteiger partial charge in [0.25, 0.3) is 0 Å². The molecule has 0 atom stereocenters. The fourth-order valence-electron chi connectivity index (χ4n) is 2.45. The van der Waals surface area contributed by atoms with Gasteiger partial charge in [0.2, 0.25) is 5.91 Å². The molecule has 25 heavy (non-hydrogen) atoms. The molecule has 1 aromatic rings. The van der Waals surface area contributed by atoms with Gasteiger partial charge < -0.3 is 19.9 Å². The van der Waals surface area contributed by atoms with Crippen molar-refractivity contribution in [2.45, 2.75) is 27.7 Å². The molecule has 6 heteroatoms. The van der Waals surface area contributed by atoms with Crippen LogP contribution < -0.4 is 10.1 Å². The summed E-state index contributed by atoms with van der Waals surface area (Å²) in [7, 11) is 1.88. The molecule has 1 rings (SSSR count). The molecule has 0 fully saturated rings. The molecule has 1 N–H and O–H groups in total. The van der Waals surface area contributed by atoms with Crippen molar-refractivity contribution >= 4 is 11.9 Å². The van der Waals surface area contributed by atoms with Gasteiger partial charge in [0.15, 0.2) is 5.96 Å². The number of rotatable bonds is 9. The van der Waals surface area contributed by atoms with Crippen molar-refractivity contribution in [1.82, 2.24) is 15.1 Å². The average molecular weight is 348 g/mol. The summed E-state index contributed by atoms with van der Waals surface area (Å²) in [4.78, 5) is 20.5. The fraction of sp³-hybridized carbons (Fsp3) is 0.579. The maximum absolute atomic E-state index is 12.3. The van der Waals surface area contributed by atoms with Crippen LogP contribution in [0.15, 0.2) is 29.3 Å². The minimum absolute atomic E-state index is 0.106. The van der Waals surface area contributed by atoms with Gasteiger partial charge in [-0.1, -0.05) is 18.2 Å². The number of guanidine groups is 1. The smallest absolute Gasteiger partial charge is 0.242 e. The molecule has 0 aliphatic carbocycles. The Bertz CT molecular complexity index is 556. The number of nitrogens with zero attached hydrogens (tertiary/aromatic N) is 3. The number of benzene rings is 1. The number of aliphatic imine (C=N–C) groups is 1. The van der Waals surface area contributed by atoms with Crippen molar-refractivity contribution in [3.63, 3.8) is 0 Å². The molecule has 0 aromatic heterocycles. The number of ether oxygens (including phenoxy) is 1. The van der Waals surface area contributed by atoms with Gasteiger partial charge in [-0.25, -0.2) is 4.99 Å². The fourth-order valence-corrected chi connectivity index (χ4v) is 2.45. The van der Waals surface area contributed by atoms with Crippen LogP contribution in [0.5, 0.6) is 5.75 Å². The van der Waals surface area contributed by atoms with Crippen molar-refractivity contribution in [2.24, 2.45) is 4.99 Å². The largest absolute Gasteiger partial charge is 0.491 e. The van der Waals surface area contributed by atoms with Crippen LogP contribution in [0.1, 0.15) is 26.3 Å². The van der Waals surface area contributed by atoms with Crippen LogP contribution in [0.25, 0.3) is 0 Å². The van der Waals surface area contributed by atoms with Crippen LogP contribution in [0.3, 0.4) is 0 Å². The molecular formula is C19H32N4O2. The highest BCUT2D eigenvalue weighted by Gasteiger charge is 2.14. The summed E-state index contributed by atoms with van der Waals surface area (Å²) < 4.78 is 5.77. The van der Waals surface area contributed by atoms with Gasteiger partial charge in [0, 0.05) is 26.7 Å². The van der Waals surface area contributed by atoms with Crippen molar-refractivity contribution in [3.05, 3.63) is 29.8 Å². The molecule has 0 aliphatic rings. The summed E-state index contributed by atoms with van der Waals surface area (Å²) in [6, 6.07) is 7.93. The number of amides is 1. The molecule has 0 bridgehead atoms. The average Bonchev–Trinajstić information content (AvgIpc) is 2.60. The van der Waals surface area contributed by atoms with Gasteiger partial charge >= 0.3 is 0 Å². The normalized spacial score (nSPS) is 11.2. The van der Waals surface area contributed by atoms with E-state index in [9.17, 15) is 4.79 Å². The Labute approximate surface area is 151 Å². The third-order valence-corrected chi connectivity index (χ3v) is 3.89. The molecule has 0 radical (unpaired) electrons. The van der Waals surface area contributed by atoms with Crippen molar-refractivity contribution in [1.29, 1.82) is 0 Å². The molecule has 0 unspecified atom stereocenters. The van der Waals surface area contributed by atoms with Gasteiger partial charge in [-0.05, 0) is 39.3 Å². The van der Waals surface area contributed by atoms with Crippen molar-refractivity contribution < 1.29 is 9.53 Å². The summed E-state index contributed by atoms with van der Waals surface area (Å²) >= 11 is 0. The molecule has 0 aliphatic heterocycles. The van der Waals surface area contributed by atoms with E-state index in [0.717, 1.165) is 36.9 Å². The highest BCUT2D eigenvalue weighted by molar-refractivity contribution is 5.86. The number of hydrogen-bond acceptors (Lipinski definition) is 3. The summed E-state index contributed by atoms with van der Waals surface area (Å²) in [5, 5.41) is 3.22. The first kappa shape index (κ1) is 20.8. The van der Waals surface area contributed by atoms with Gasteiger partial charge in [-0.2, -0.15) is 0 Å². The predicted octanol–water partition coefficient (Wildman–Crippen LogP) is 2.14. The maximum atomic E-state index is 12.3. The van der Waals surface area contributed by atoms with Crippen molar-refractivity contribution in [3.8, 4) is 5.75 Å². The van der Waals surface area contributed by atoms with E-state index in [1.54, 1.807) is 0 Å². The Balaban J connectivity index is 2.57. The number of likely N-dealkylation sites (N-methyl/N-ethyl adjacent to an activating group) is 2. The van der Waals surface area contributed by atoms with E-state index in [1.165, 1.54) is 0 Å². The minimum Gasteiger partial charge on any atom is -0.491 e. The second-order valence-electron chi connectivity index (χ2n) is 5.77. The molecule has 1 aromatic carbocycles. The van der Waals surface area contributed by atoms with Gasteiger partial charge in [0.05, 0.1) is 13.1 Å². The zero-order valence-electron chi connectivity index (χ0n) is 16.2. The Morgan fingerprint density at radius 1 is 1.20 bits per heavy atom. The van der Waals surface area contributed by atoms with E-state index in [1.807, 2.05) is 68.8 Å². The number of para-hydroxylation sites is 1. The van der Waals surface area contributed by atoms with Crippen LogP contribution >= 0.6 is 0 Å². The molecule has 140 valence electrons. The molecular weight excluding hydrogens is 316 g/mol. The standard InChI is InChI=1S/C19H32N4O2/c1-6-20-19(22(5)15-18(24)23(7-2)8-3)21-13-14-25-17-12-10-9-11-16(17)4/h9-12H,6-8,13-15H2,1-5H3,(H,20,21). The predicted molar refractivity (Wildman–Crippen MR) is 103 cm³/mol. The molecule has 0 spiro atoms. The van der Waals surface area contributed by atoms with Crippen LogP contribution in [-0.4, -0.2) is 68.0 Å². The zero-order valence-corrected chi connectivity index (χ0v) is 16.2. The first-order chi connectivity index (χ1) is 12.0. The zero-order chi connectivity index (χ0) is 18.7. The van der Waals surface area contributed by atoms with E-state index < -0.39 is 0 Å². The van der Waals surface area contributed by atoms with Crippen LogP contribution in [0.2, 0.25) is 0 Å². The lowest BCUT2D eigenvalue weighted by Crippen LogP contribution is -2.45. The highest BCUT2D eigenvalue weighted by Crippen LogP contribution is 2.15. The Kier molecular flexibility index (Phi) is 9.43. The van der Waals surface area contributed by atoms with E-state index in [2.05, 4.69) is 10.3 Å². The lowest BCUT2D eigenvalue weighted by molar-refractivity contribution is -0.131. The van der Waals surface area contributed by atoms with Crippen LogP contribution in [-0.2, 0) is 4.79 Å². The van der Waals surface area contributed by atoms with E-state index >= 15 is 0 Å². The lowest BCUT2D eigenvalue weighted by atomic mass is 10.2. The summed E-state index contributed by atoms with van der Waals surface area (Å²) in [6.45, 7) is 11.6. The minimum atomic E-state index is 0.106. The molecule has 0 saturated heterocycles. The SMILES string of the molecule is CCNC(=NCCOc1ccccc1C)N(C)CC(=O)N(CC)CC. The van der Waals surface area contributed by atoms with E-state index in [4.69, 9.17) is 4.74 Å². The third kappa shape index (κ3) is 7.03. The number of hydrogen-bond donors (Lipinski definition) is 1. The molecule has 0 saturated carbocycles. The quantitative estimate of drug-likeness (QED) is 0.422. The number of carbonyl (C=O) groups is 1. The van der Waals surface area contributed by atoms with Crippen LogP contribution in [0.4, 0.5) is 0 Å².